The van der Waals surface area contributed by atoms with Gasteiger partial charge in [-0.05, 0) is 36.9 Å². The molecule has 0 atom stereocenters. The number of amides is 1. The van der Waals surface area contributed by atoms with E-state index in [4.69, 9.17) is 5.73 Å². The number of unbranched alkanes of at least 4 members (excludes halogenated alkanes) is 1. The Morgan fingerprint density at radius 1 is 1.17 bits per heavy atom. The molecule has 0 bridgehead atoms. The van der Waals surface area contributed by atoms with Crippen molar-refractivity contribution in [2.75, 3.05) is 13.1 Å². The van der Waals surface area contributed by atoms with Gasteiger partial charge in [-0.15, -0.1) is 12.4 Å². The Hall–Kier alpha value is -1.06. The van der Waals surface area contributed by atoms with E-state index in [-0.39, 0.29) is 18.3 Å². The fraction of sp³-hybridized carbons (Fsp3) is 0.500. The van der Waals surface area contributed by atoms with Crippen molar-refractivity contribution in [2.24, 2.45) is 5.73 Å². The Kier molecular flexibility index (Phi) is 9.33. The fourth-order valence-electron chi connectivity index (χ4n) is 1.64. The first kappa shape index (κ1) is 16.9. The third-order valence-electron chi connectivity index (χ3n) is 2.75. The van der Waals surface area contributed by atoms with Gasteiger partial charge in [-0.2, -0.15) is 0 Å². The molecule has 1 rings (SSSR count). The van der Waals surface area contributed by atoms with E-state index in [1.165, 1.54) is 5.56 Å². The second-order valence-electron chi connectivity index (χ2n) is 4.19. The van der Waals surface area contributed by atoms with Crippen molar-refractivity contribution < 1.29 is 4.79 Å². The molecule has 0 aromatic heterocycles. The Morgan fingerprint density at radius 2 is 1.78 bits per heavy atom. The summed E-state index contributed by atoms with van der Waals surface area (Å²) in [6.07, 6.45) is 3.42. The van der Waals surface area contributed by atoms with E-state index < -0.39 is 0 Å². The van der Waals surface area contributed by atoms with Gasteiger partial charge in [0.25, 0.3) is 0 Å². The van der Waals surface area contributed by atoms with Gasteiger partial charge in [-0.25, -0.2) is 0 Å². The topological polar surface area (TPSA) is 55.1 Å². The van der Waals surface area contributed by atoms with Crippen molar-refractivity contribution >= 4 is 18.3 Å². The Balaban J connectivity index is 0.00000289. The SMILES string of the molecule is CCc1ccc(CC(=O)NCCCCN)cc1.Cl. The molecule has 0 aliphatic rings. The van der Waals surface area contributed by atoms with Crippen LogP contribution in [0.5, 0.6) is 0 Å². The van der Waals surface area contributed by atoms with Crippen LogP contribution in [0.1, 0.15) is 30.9 Å². The minimum atomic E-state index is 0. The molecule has 18 heavy (non-hydrogen) atoms. The summed E-state index contributed by atoms with van der Waals surface area (Å²) in [5.74, 6) is 0.0891. The minimum Gasteiger partial charge on any atom is -0.356 e. The maximum Gasteiger partial charge on any atom is 0.224 e. The lowest BCUT2D eigenvalue weighted by molar-refractivity contribution is -0.120. The normalized spacial score (nSPS) is 9.67. The second-order valence-corrected chi connectivity index (χ2v) is 4.19. The number of nitrogens with two attached hydrogens (primary N) is 1. The molecule has 1 aromatic rings. The van der Waals surface area contributed by atoms with Gasteiger partial charge in [0.1, 0.15) is 0 Å². The lowest BCUT2D eigenvalue weighted by atomic mass is 10.1. The number of carbonyl (C=O) groups is 1. The molecule has 1 amide bonds. The van der Waals surface area contributed by atoms with E-state index in [9.17, 15) is 4.79 Å². The van der Waals surface area contributed by atoms with Gasteiger partial charge in [0.15, 0.2) is 0 Å². The highest BCUT2D eigenvalue weighted by Crippen LogP contribution is 2.05. The Morgan fingerprint density at radius 3 is 2.33 bits per heavy atom. The zero-order chi connectivity index (χ0) is 12.5. The standard InChI is InChI=1S/C14H22N2O.ClH/c1-2-12-5-7-13(8-6-12)11-14(17)16-10-4-3-9-15;/h5-8H,2-4,9-11,15H2,1H3,(H,16,17);1H. The average Bonchev–Trinajstić information content (AvgIpc) is 2.36. The number of halogens is 1. The van der Waals surface area contributed by atoms with Crippen LogP contribution in [-0.4, -0.2) is 19.0 Å². The van der Waals surface area contributed by atoms with Crippen molar-refractivity contribution in [2.45, 2.75) is 32.6 Å². The number of hydrogen-bond acceptors (Lipinski definition) is 2. The van der Waals surface area contributed by atoms with Crippen LogP contribution >= 0.6 is 12.4 Å². The van der Waals surface area contributed by atoms with Crippen LogP contribution in [0, 0.1) is 0 Å². The van der Waals surface area contributed by atoms with Crippen LogP contribution in [0.25, 0.3) is 0 Å². The molecule has 0 aliphatic heterocycles. The first-order valence-corrected chi connectivity index (χ1v) is 6.31. The quantitative estimate of drug-likeness (QED) is 0.746. The first-order valence-electron chi connectivity index (χ1n) is 6.31. The molecule has 102 valence electrons. The summed E-state index contributed by atoms with van der Waals surface area (Å²) in [5.41, 5.74) is 7.75. The van der Waals surface area contributed by atoms with E-state index in [0.29, 0.717) is 13.0 Å². The molecule has 3 N–H and O–H groups in total. The number of benzene rings is 1. The molecular formula is C14H23ClN2O. The van der Waals surface area contributed by atoms with E-state index >= 15 is 0 Å². The van der Waals surface area contributed by atoms with Gasteiger partial charge in [0, 0.05) is 6.54 Å². The highest BCUT2D eigenvalue weighted by atomic mass is 35.5. The first-order chi connectivity index (χ1) is 8.26. The monoisotopic (exact) mass is 270 g/mol. The molecular weight excluding hydrogens is 248 g/mol. The summed E-state index contributed by atoms with van der Waals surface area (Å²) in [6, 6.07) is 8.21. The molecule has 4 heteroatoms. The number of hydrogen-bond donors (Lipinski definition) is 2. The fourth-order valence-corrected chi connectivity index (χ4v) is 1.64. The zero-order valence-electron chi connectivity index (χ0n) is 10.9. The predicted octanol–water partition coefficient (Wildman–Crippen LogP) is 2.07. The predicted molar refractivity (Wildman–Crippen MR) is 78.1 cm³/mol. The van der Waals surface area contributed by atoms with E-state index in [1.54, 1.807) is 0 Å². The molecule has 0 radical (unpaired) electrons. The third-order valence-corrected chi connectivity index (χ3v) is 2.75. The summed E-state index contributed by atoms with van der Waals surface area (Å²) >= 11 is 0. The van der Waals surface area contributed by atoms with Gasteiger partial charge < -0.3 is 11.1 Å². The molecule has 0 unspecified atom stereocenters. The van der Waals surface area contributed by atoms with Crippen LogP contribution in [0.4, 0.5) is 0 Å². The van der Waals surface area contributed by atoms with Gasteiger partial charge in [-0.1, -0.05) is 31.2 Å². The lowest BCUT2D eigenvalue weighted by Gasteiger charge is -2.05. The lowest BCUT2D eigenvalue weighted by Crippen LogP contribution is -2.26. The van der Waals surface area contributed by atoms with Crippen molar-refractivity contribution in [1.29, 1.82) is 0 Å². The van der Waals surface area contributed by atoms with Crippen molar-refractivity contribution in [3.63, 3.8) is 0 Å². The Bertz CT molecular complexity index is 338. The van der Waals surface area contributed by atoms with E-state index in [0.717, 1.165) is 31.4 Å². The number of carbonyl (C=O) groups excluding carboxylic acids is 1. The number of rotatable bonds is 7. The van der Waals surface area contributed by atoms with E-state index in [2.05, 4.69) is 24.4 Å². The molecule has 1 aromatic carbocycles. The maximum atomic E-state index is 11.6. The molecule has 3 nitrogen and oxygen atoms in total. The molecule has 0 spiro atoms. The Labute approximate surface area is 116 Å². The summed E-state index contributed by atoms with van der Waals surface area (Å²) < 4.78 is 0. The minimum absolute atomic E-state index is 0. The van der Waals surface area contributed by atoms with Crippen LogP contribution in [0.15, 0.2) is 24.3 Å². The number of nitrogens with one attached hydrogen (secondary N) is 1. The summed E-state index contributed by atoms with van der Waals surface area (Å²) in [6.45, 7) is 3.54. The van der Waals surface area contributed by atoms with Crippen LogP contribution in [0.2, 0.25) is 0 Å². The van der Waals surface area contributed by atoms with E-state index in [1.807, 2.05) is 12.1 Å². The zero-order valence-corrected chi connectivity index (χ0v) is 11.8. The van der Waals surface area contributed by atoms with Crippen LogP contribution in [-0.2, 0) is 17.6 Å². The van der Waals surface area contributed by atoms with Gasteiger partial charge in [-0.3, -0.25) is 4.79 Å². The van der Waals surface area contributed by atoms with Gasteiger partial charge >= 0.3 is 0 Å². The average molecular weight is 271 g/mol. The maximum absolute atomic E-state index is 11.6. The molecule has 0 aliphatic carbocycles. The van der Waals surface area contributed by atoms with Crippen LogP contribution < -0.4 is 11.1 Å². The molecule has 0 saturated heterocycles. The van der Waals surface area contributed by atoms with Crippen molar-refractivity contribution in [3.8, 4) is 0 Å². The largest absolute Gasteiger partial charge is 0.356 e. The van der Waals surface area contributed by atoms with Crippen LogP contribution in [0.3, 0.4) is 0 Å². The molecule has 0 saturated carbocycles. The highest BCUT2D eigenvalue weighted by molar-refractivity contribution is 5.85. The second kappa shape index (κ2) is 9.92. The van der Waals surface area contributed by atoms with Gasteiger partial charge in [0.05, 0.1) is 6.42 Å². The smallest absolute Gasteiger partial charge is 0.224 e. The molecule has 0 heterocycles. The summed E-state index contributed by atoms with van der Waals surface area (Å²) in [5, 5.41) is 2.90. The number of aryl methyl sites for hydroxylation is 1. The molecule has 0 fully saturated rings. The summed E-state index contributed by atoms with van der Waals surface area (Å²) in [7, 11) is 0. The third kappa shape index (κ3) is 6.62. The van der Waals surface area contributed by atoms with Gasteiger partial charge in [0.2, 0.25) is 5.91 Å². The highest BCUT2D eigenvalue weighted by Gasteiger charge is 2.02. The summed E-state index contributed by atoms with van der Waals surface area (Å²) in [4.78, 5) is 11.6. The van der Waals surface area contributed by atoms with Crippen molar-refractivity contribution in [3.05, 3.63) is 35.4 Å². The van der Waals surface area contributed by atoms with Crippen molar-refractivity contribution in [1.82, 2.24) is 5.32 Å².